The van der Waals surface area contributed by atoms with Gasteiger partial charge in [-0.05, 0) is 24.6 Å². The van der Waals surface area contributed by atoms with Crippen LogP contribution in [0.25, 0.3) is 0 Å². The smallest absolute Gasteiger partial charge is 0.231 e. The minimum Gasteiger partial charge on any atom is -0.497 e. The number of hydrogen-bond donors (Lipinski definition) is 3. The lowest BCUT2D eigenvalue weighted by Crippen LogP contribution is -2.40. The van der Waals surface area contributed by atoms with Gasteiger partial charge in [-0.3, -0.25) is 15.5 Å². The highest BCUT2D eigenvalue weighted by Gasteiger charge is 2.05. The molecule has 0 radical (unpaired) electrons. The molecule has 5 nitrogen and oxygen atoms in total. The minimum absolute atomic E-state index is 0. The van der Waals surface area contributed by atoms with E-state index in [9.17, 15) is 4.79 Å². The number of guanidine groups is 1. The number of amides is 1. The van der Waals surface area contributed by atoms with Crippen LogP contribution in [0.1, 0.15) is 12.5 Å². The largest absolute Gasteiger partial charge is 0.497 e. The molecule has 0 spiro atoms. The summed E-state index contributed by atoms with van der Waals surface area (Å²) in [5, 5.41) is 12.6. The van der Waals surface area contributed by atoms with Crippen LogP contribution in [0.2, 0.25) is 0 Å². The third-order valence-electron chi connectivity index (χ3n) is 2.12. The topological polar surface area (TPSA) is 74.2 Å². The first-order valence-electron chi connectivity index (χ1n) is 5.41. The van der Waals surface area contributed by atoms with Crippen LogP contribution in [0, 0.1) is 5.41 Å². The molecule has 0 fully saturated rings. The van der Waals surface area contributed by atoms with Crippen molar-refractivity contribution in [3.8, 4) is 5.75 Å². The van der Waals surface area contributed by atoms with Crippen LogP contribution < -0.4 is 15.4 Å². The SMILES string of the molecule is CCNC(=N)NC(=O)Cc1cccc(OC)c1.Cl. The molecule has 100 valence electrons. The van der Waals surface area contributed by atoms with Crippen molar-refractivity contribution < 1.29 is 9.53 Å². The number of carbonyl (C=O) groups is 1. The zero-order valence-corrected chi connectivity index (χ0v) is 11.3. The molecule has 1 aromatic rings. The van der Waals surface area contributed by atoms with Gasteiger partial charge in [0.2, 0.25) is 5.91 Å². The summed E-state index contributed by atoms with van der Waals surface area (Å²) in [5.41, 5.74) is 0.853. The van der Waals surface area contributed by atoms with Gasteiger partial charge in [-0.1, -0.05) is 12.1 Å². The first kappa shape index (κ1) is 16.2. The lowest BCUT2D eigenvalue weighted by molar-refractivity contribution is -0.119. The average Bonchev–Trinajstić information content (AvgIpc) is 2.29. The van der Waals surface area contributed by atoms with Crippen LogP contribution in [-0.4, -0.2) is 25.5 Å². The summed E-state index contributed by atoms with van der Waals surface area (Å²) in [6.07, 6.45) is 0.227. The Bertz CT molecular complexity index is 410. The van der Waals surface area contributed by atoms with E-state index in [0.717, 1.165) is 11.3 Å². The van der Waals surface area contributed by atoms with E-state index in [-0.39, 0.29) is 30.7 Å². The number of methoxy groups -OCH3 is 1. The molecule has 0 atom stereocenters. The number of rotatable bonds is 4. The molecule has 0 aromatic heterocycles. The van der Waals surface area contributed by atoms with Crippen molar-refractivity contribution in [1.29, 1.82) is 5.41 Å². The van der Waals surface area contributed by atoms with Gasteiger partial charge in [0.1, 0.15) is 5.75 Å². The second-order valence-electron chi connectivity index (χ2n) is 3.48. The number of nitrogens with one attached hydrogen (secondary N) is 3. The Morgan fingerprint density at radius 2 is 2.17 bits per heavy atom. The first-order chi connectivity index (χ1) is 8.15. The number of halogens is 1. The Kier molecular flexibility index (Phi) is 7.54. The monoisotopic (exact) mass is 271 g/mol. The number of ether oxygens (including phenoxy) is 1. The van der Waals surface area contributed by atoms with Gasteiger partial charge in [-0.15, -0.1) is 12.4 Å². The van der Waals surface area contributed by atoms with Crippen LogP contribution in [-0.2, 0) is 11.2 Å². The molecule has 0 aliphatic rings. The lowest BCUT2D eigenvalue weighted by Gasteiger charge is -2.08. The molecule has 0 saturated heterocycles. The summed E-state index contributed by atoms with van der Waals surface area (Å²) < 4.78 is 5.07. The van der Waals surface area contributed by atoms with Gasteiger partial charge in [0, 0.05) is 6.54 Å². The van der Waals surface area contributed by atoms with Crippen LogP contribution in [0.15, 0.2) is 24.3 Å². The Balaban J connectivity index is 0.00000289. The fraction of sp³-hybridized carbons (Fsp3) is 0.333. The molecule has 18 heavy (non-hydrogen) atoms. The van der Waals surface area contributed by atoms with Gasteiger partial charge in [0.25, 0.3) is 0 Å². The lowest BCUT2D eigenvalue weighted by atomic mass is 10.1. The van der Waals surface area contributed by atoms with E-state index in [0.29, 0.717) is 6.54 Å². The van der Waals surface area contributed by atoms with E-state index < -0.39 is 0 Å². The maximum absolute atomic E-state index is 11.6. The molecule has 1 aromatic carbocycles. The Labute approximate surface area is 113 Å². The summed E-state index contributed by atoms with van der Waals surface area (Å²) in [7, 11) is 1.58. The molecule has 0 bridgehead atoms. The van der Waals surface area contributed by atoms with Gasteiger partial charge >= 0.3 is 0 Å². The van der Waals surface area contributed by atoms with Crippen molar-refractivity contribution in [3.05, 3.63) is 29.8 Å². The zero-order chi connectivity index (χ0) is 12.7. The maximum Gasteiger partial charge on any atom is 0.231 e. The molecular formula is C12H18ClN3O2. The Morgan fingerprint density at radius 3 is 2.78 bits per heavy atom. The molecule has 0 saturated carbocycles. The molecule has 0 aliphatic heterocycles. The minimum atomic E-state index is -0.218. The first-order valence-corrected chi connectivity index (χ1v) is 5.41. The highest BCUT2D eigenvalue weighted by atomic mass is 35.5. The van der Waals surface area contributed by atoms with Crippen molar-refractivity contribution in [2.75, 3.05) is 13.7 Å². The van der Waals surface area contributed by atoms with Gasteiger partial charge in [0.05, 0.1) is 13.5 Å². The van der Waals surface area contributed by atoms with Gasteiger partial charge in [-0.2, -0.15) is 0 Å². The summed E-state index contributed by atoms with van der Waals surface area (Å²) in [4.78, 5) is 11.6. The summed E-state index contributed by atoms with van der Waals surface area (Å²) >= 11 is 0. The van der Waals surface area contributed by atoms with Crippen LogP contribution in [0.4, 0.5) is 0 Å². The quantitative estimate of drug-likeness (QED) is 0.571. The normalized spacial score (nSPS) is 9.00. The zero-order valence-electron chi connectivity index (χ0n) is 10.4. The fourth-order valence-corrected chi connectivity index (χ4v) is 1.37. The Hall–Kier alpha value is -1.75. The predicted molar refractivity (Wildman–Crippen MR) is 73.5 cm³/mol. The third kappa shape index (κ3) is 5.54. The summed E-state index contributed by atoms with van der Waals surface area (Å²) in [6, 6.07) is 7.30. The van der Waals surface area contributed by atoms with Crippen LogP contribution in [0.3, 0.4) is 0 Å². The Morgan fingerprint density at radius 1 is 1.44 bits per heavy atom. The maximum atomic E-state index is 11.6. The van der Waals surface area contributed by atoms with Crippen LogP contribution in [0.5, 0.6) is 5.75 Å². The van der Waals surface area contributed by atoms with Crippen LogP contribution >= 0.6 is 12.4 Å². The van der Waals surface area contributed by atoms with Crippen molar-refractivity contribution in [2.24, 2.45) is 0 Å². The molecule has 0 aliphatic carbocycles. The van der Waals surface area contributed by atoms with Gasteiger partial charge < -0.3 is 10.1 Å². The molecule has 0 heterocycles. The van der Waals surface area contributed by atoms with Gasteiger partial charge in [-0.25, -0.2) is 0 Å². The standard InChI is InChI=1S/C12H17N3O2.ClH/c1-3-14-12(13)15-11(16)8-9-5-4-6-10(7-9)17-2;/h4-7H,3,8H2,1-2H3,(H3,13,14,15,16);1H. The molecule has 1 rings (SSSR count). The number of hydrogen-bond acceptors (Lipinski definition) is 3. The predicted octanol–water partition coefficient (Wildman–Crippen LogP) is 1.32. The van der Waals surface area contributed by atoms with E-state index in [4.69, 9.17) is 10.1 Å². The van der Waals surface area contributed by atoms with E-state index in [1.54, 1.807) is 13.2 Å². The van der Waals surface area contributed by atoms with E-state index >= 15 is 0 Å². The summed E-state index contributed by atoms with van der Waals surface area (Å²) in [6.45, 7) is 2.47. The van der Waals surface area contributed by atoms with Crippen molar-refractivity contribution in [1.82, 2.24) is 10.6 Å². The van der Waals surface area contributed by atoms with E-state index in [1.165, 1.54) is 0 Å². The second kappa shape index (κ2) is 8.36. The van der Waals surface area contributed by atoms with Crippen molar-refractivity contribution in [2.45, 2.75) is 13.3 Å². The number of carbonyl (C=O) groups excluding carboxylic acids is 1. The van der Waals surface area contributed by atoms with Crippen molar-refractivity contribution >= 4 is 24.3 Å². The fourth-order valence-electron chi connectivity index (χ4n) is 1.37. The summed E-state index contributed by atoms with van der Waals surface area (Å²) in [5.74, 6) is 0.529. The second-order valence-corrected chi connectivity index (χ2v) is 3.48. The molecule has 6 heteroatoms. The van der Waals surface area contributed by atoms with Crippen molar-refractivity contribution in [3.63, 3.8) is 0 Å². The average molecular weight is 272 g/mol. The highest BCUT2D eigenvalue weighted by molar-refractivity contribution is 5.96. The van der Waals surface area contributed by atoms with E-state index in [2.05, 4.69) is 10.6 Å². The molecule has 0 unspecified atom stereocenters. The molecule has 3 N–H and O–H groups in total. The number of benzene rings is 1. The molecular weight excluding hydrogens is 254 g/mol. The van der Waals surface area contributed by atoms with Gasteiger partial charge in [0.15, 0.2) is 5.96 Å². The van der Waals surface area contributed by atoms with E-state index in [1.807, 2.05) is 25.1 Å². The third-order valence-corrected chi connectivity index (χ3v) is 2.12. The highest BCUT2D eigenvalue weighted by Crippen LogP contribution is 2.12. The molecule has 1 amide bonds.